The fraction of sp³-hybridized carbons (Fsp3) is 0.211. The molecule has 0 N–H and O–H groups in total. The van der Waals surface area contributed by atoms with Gasteiger partial charge in [0.05, 0.1) is 19.2 Å². The van der Waals surface area contributed by atoms with E-state index in [1.807, 2.05) is 18.2 Å². The van der Waals surface area contributed by atoms with Crippen LogP contribution in [0.15, 0.2) is 42.5 Å². The minimum Gasteiger partial charge on any atom is -0.493 e. The zero-order valence-electron chi connectivity index (χ0n) is 14.3. The van der Waals surface area contributed by atoms with Crippen molar-refractivity contribution in [3.8, 4) is 11.5 Å². The van der Waals surface area contributed by atoms with Crippen LogP contribution in [-0.2, 0) is 11.3 Å². The van der Waals surface area contributed by atoms with Crippen LogP contribution in [0.2, 0.25) is 10.0 Å². The Labute approximate surface area is 157 Å². The van der Waals surface area contributed by atoms with Gasteiger partial charge in [-0.15, -0.1) is 0 Å². The van der Waals surface area contributed by atoms with E-state index in [2.05, 4.69) is 0 Å². The number of carbonyl (C=O) groups is 1. The number of likely N-dealkylation sites (N-methyl/N-ethyl adjacent to an activating group) is 1. The van der Waals surface area contributed by atoms with Crippen LogP contribution in [0.5, 0.6) is 11.5 Å². The Bertz CT molecular complexity index is 790. The van der Waals surface area contributed by atoms with Gasteiger partial charge in [-0.05, 0) is 35.4 Å². The van der Waals surface area contributed by atoms with Crippen LogP contribution in [0, 0.1) is 0 Å². The van der Waals surface area contributed by atoms with Gasteiger partial charge in [0.15, 0.2) is 11.5 Å². The van der Waals surface area contributed by atoms with Gasteiger partial charge in [-0.25, -0.2) is 0 Å². The highest BCUT2D eigenvalue weighted by atomic mass is 35.5. The SMILES string of the molecule is COc1cc(/C=C/C(=O)N(C)Cc2ccccc2Cl)cc(Cl)c1OC. The highest BCUT2D eigenvalue weighted by molar-refractivity contribution is 6.32. The molecule has 2 aromatic carbocycles. The summed E-state index contributed by atoms with van der Waals surface area (Å²) in [5, 5.41) is 1.05. The second-order valence-electron chi connectivity index (χ2n) is 5.36. The second kappa shape index (κ2) is 8.79. The Morgan fingerprint density at radius 3 is 2.48 bits per heavy atom. The third-order valence-electron chi connectivity index (χ3n) is 3.62. The number of nitrogens with zero attached hydrogens (tertiary/aromatic N) is 1. The average Bonchev–Trinajstić information content (AvgIpc) is 2.60. The highest BCUT2D eigenvalue weighted by Crippen LogP contribution is 2.36. The van der Waals surface area contributed by atoms with Crippen LogP contribution in [0.4, 0.5) is 0 Å². The van der Waals surface area contributed by atoms with Gasteiger partial charge in [0.1, 0.15) is 0 Å². The molecule has 0 fully saturated rings. The molecule has 0 aromatic heterocycles. The first-order chi connectivity index (χ1) is 12.0. The van der Waals surface area contributed by atoms with Crippen LogP contribution in [0.1, 0.15) is 11.1 Å². The van der Waals surface area contributed by atoms with Gasteiger partial charge in [-0.3, -0.25) is 4.79 Å². The van der Waals surface area contributed by atoms with E-state index in [9.17, 15) is 4.79 Å². The maximum Gasteiger partial charge on any atom is 0.246 e. The third-order valence-corrected chi connectivity index (χ3v) is 4.27. The first-order valence-corrected chi connectivity index (χ1v) is 8.30. The molecule has 1 amide bonds. The lowest BCUT2D eigenvalue weighted by Crippen LogP contribution is -2.24. The number of methoxy groups -OCH3 is 2. The predicted octanol–water partition coefficient (Wildman–Crippen LogP) is 4.68. The molecule has 4 nitrogen and oxygen atoms in total. The Kier molecular flexibility index (Phi) is 6.73. The molecule has 0 saturated heterocycles. The van der Waals surface area contributed by atoms with E-state index in [1.54, 1.807) is 36.2 Å². The molecule has 0 atom stereocenters. The molecular formula is C19H19Cl2NO3. The van der Waals surface area contributed by atoms with Crippen molar-refractivity contribution in [2.45, 2.75) is 6.54 Å². The third kappa shape index (κ3) is 4.91. The van der Waals surface area contributed by atoms with Crippen molar-refractivity contribution in [2.75, 3.05) is 21.3 Å². The minimum atomic E-state index is -0.147. The van der Waals surface area contributed by atoms with Crippen molar-refractivity contribution in [1.29, 1.82) is 0 Å². The first kappa shape index (κ1) is 19.2. The van der Waals surface area contributed by atoms with Gasteiger partial charge in [-0.1, -0.05) is 41.4 Å². The molecule has 0 aliphatic heterocycles. The molecular weight excluding hydrogens is 361 g/mol. The molecule has 6 heteroatoms. The molecule has 0 heterocycles. The number of benzene rings is 2. The maximum absolute atomic E-state index is 12.3. The van der Waals surface area contributed by atoms with E-state index in [4.69, 9.17) is 32.7 Å². The number of hydrogen-bond acceptors (Lipinski definition) is 3. The summed E-state index contributed by atoms with van der Waals surface area (Å²) in [5.41, 5.74) is 1.63. The zero-order valence-corrected chi connectivity index (χ0v) is 15.8. The smallest absolute Gasteiger partial charge is 0.246 e. The molecule has 2 aromatic rings. The van der Waals surface area contributed by atoms with Crippen molar-refractivity contribution in [3.05, 3.63) is 63.6 Å². The van der Waals surface area contributed by atoms with Gasteiger partial charge in [0.2, 0.25) is 5.91 Å². The van der Waals surface area contributed by atoms with Gasteiger partial charge >= 0.3 is 0 Å². The molecule has 0 aliphatic rings. The summed E-state index contributed by atoms with van der Waals surface area (Å²) in [4.78, 5) is 13.9. The normalized spacial score (nSPS) is 10.8. The molecule has 0 aliphatic carbocycles. The monoisotopic (exact) mass is 379 g/mol. The molecule has 25 heavy (non-hydrogen) atoms. The van der Waals surface area contributed by atoms with E-state index in [0.717, 1.165) is 11.1 Å². The van der Waals surface area contributed by atoms with E-state index in [1.165, 1.54) is 20.3 Å². The number of ether oxygens (including phenoxy) is 2. The summed E-state index contributed by atoms with van der Waals surface area (Å²) in [5.74, 6) is 0.820. The zero-order chi connectivity index (χ0) is 18.4. The average molecular weight is 380 g/mol. The van der Waals surface area contributed by atoms with Crippen molar-refractivity contribution in [3.63, 3.8) is 0 Å². The number of halogens is 2. The lowest BCUT2D eigenvalue weighted by Gasteiger charge is -2.16. The number of amides is 1. The fourth-order valence-corrected chi connectivity index (χ4v) is 2.78. The Balaban J connectivity index is 2.12. The number of carbonyl (C=O) groups excluding carboxylic acids is 1. The van der Waals surface area contributed by atoms with Gasteiger partial charge in [0.25, 0.3) is 0 Å². The molecule has 0 radical (unpaired) electrons. The topological polar surface area (TPSA) is 38.8 Å². The summed E-state index contributed by atoms with van der Waals surface area (Å²) < 4.78 is 10.4. The van der Waals surface area contributed by atoms with Gasteiger partial charge < -0.3 is 14.4 Å². The summed E-state index contributed by atoms with van der Waals surface area (Å²) in [6.45, 7) is 0.426. The standard InChI is InChI=1S/C19H19Cl2NO3/c1-22(12-14-6-4-5-7-15(14)20)18(23)9-8-13-10-16(21)19(25-3)17(11-13)24-2/h4-11H,12H2,1-3H3/b9-8+. The molecule has 0 bridgehead atoms. The Morgan fingerprint density at radius 2 is 1.84 bits per heavy atom. The predicted molar refractivity (Wildman–Crippen MR) is 102 cm³/mol. The second-order valence-corrected chi connectivity index (χ2v) is 6.17. The van der Waals surface area contributed by atoms with Crippen molar-refractivity contribution in [1.82, 2.24) is 4.90 Å². The van der Waals surface area contributed by atoms with E-state index in [-0.39, 0.29) is 5.91 Å². The van der Waals surface area contributed by atoms with Crippen LogP contribution < -0.4 is 9.47 Å². The summed E-state index contributed by atoms with van der Waals surface area (Å²) in [6, 6.07) is 10.9. The molecule has 0 spiro atoms. The van der Waals surface area contributed by atoms with Crippen molar-refractivity contribution in [2.24, 2.45) is 0 Å². The first-order valence-electron chi connectivity index (χ1n) is 7.54. The van der Waals surface area contributed by atoms with Gasteiger partial charge in [-0.2, -0.15) is 0 Å². The van der Waals surface area contributed by atoms with Crippen LogP contribution in [0.3, 0.4) is 0 Å². The van der Waals surface area contributed by atoms with Crippen LogP contribution in [0.25, 0.3) is 6.08 Å². The summed E-state index contributed by atoms with van der Waals surface area (Å²) >= 11 is 12.3. The van der Waals surface area contributed by atoms with E-state index >= 15 is 0 Å². The van der Waals surface area contributed by atoms with Gasteiger partial charge in [0, 0.05) is 24.7 Å². The van der Waals surface area contributed by atoms with Crippen LogP contribution in [-0.4, -0.2) is 32.1 Å². The van der Waals surface area contributed by atoms with E-state index < -0.39 is 0 Å². The highest BCUT2D eigenvalue weighted by Gasteiger charge is 2.11. The Morgan fingerprint density at radius 1 is 1.12 bits per heavy atom. The number of hydrogen-bond donors (Lipinski definition) is 0. The quantitative estimate of drug-likeness (QED) is 0.683. The summed E-state index contributed by atoms with van der Waals surface area (Å²) in [6.07, 6.45) is 3.16. The van der Waals surface area contributed by atoms with Crippen LogP contribution >= 0.6 is 23.2 Å². The van der Waals surface area contributed by atoms with Crippen molar-refractivity contribution < 1.29 is 14.3 Å². The molecule has 0 unspecified atom stereocenters. The minimum absolute atomic E-state index is 0.147. The lowest BCUT2D eigenvalue weighted by atomic mass is 10.1. The Hall–Kier alpha value is -2.17. The molecule has 2 rings (SSSR count). The molecule has 0 saturated carbocycles. The molecule has 132 valence electrons. The fourth-order valence-electron chi connectivity index (χ4n) is 2.29. The summed E-state index contributed by atoms with van der Waals surface area (Å²) in [7, 11) is 4.77. The lowest BCUT2D eigenvalue weighted by molar-refractivity contribution is -0.125. The number of rotatable bonds is 6. The van der Waals surface area contributed by atoms with Crippen molar-refractivity contribution >= 4 is 35.2 Å². The largest absolute Gasteiger partial charge is 0.493 e. The maximum atomic E-state index is 12.3. The van der Waals surface area contributed by atoms with E-state index in [0.29, 0.717) is 28.1 Å².